The van der Waals surface area contributed by atoms with Gasteiger partial charge in [0, 0.05) is 6.08 Å². The van der Waals surface area contributed by atoms with Crippen molar-refractivity contribution in [2.75, 3.05) is 20.3 Å². The molecule has 6 nitrogen and oxygen atoms in total. The highest BCUT2D eigenvalue weighted by Crippen LogP contribution is 2.28. The molecule has 0 atom stereocenters. The lowest BCUT2D eigenvalue weighted by Gasteiger charge is -2.08. The lowest BCUT2D eigenvalue weighted by atomic mass is 10.2. The van der Waals surface area contributed by atoms with E-state index in [0.717, 1.165) is 3.79 Å². The summed E-state index contributed by atoms with van der Waals surface area (Å²) in [5, 5.41) is 8.55. The maximum Gasteiger partial charge on any atom is 0.331 e. The molecule has 26 heavy (non-hydrogen) atoms. The fourth-order valence-corrected chi connectivity index (χ4v) is 3.21. The summed E-state index contributed by atoms with van der Waals surface area (Å²) >= 11 is 4.55. The van der Waals surface area contributed by atoms with Crippen molar-refractivity contribution in [3.8, 4) is 17.6 Å². The van der Waals surface area contributed by atoms with Crippen LogP contribution in [0.1, 0.15) is 15.2 Å². The molecule has 0 N–H and O–H groups in total. The van der Waals surface area contributed by atoms with Gasteiger partial charge in [0.25, 0.3) is 0 Å². The van der Waals surface area contributed by atoms with E-state index >= 15 is 0 Å². The maximum absolute atomic E-state index is 11.9. The molecule has 134 valence electrons. The van der Waals surface area contributed by atoms with Crippen molar-refractivity contribution in [1.29, 1.82) is 5.26 Å². The van der Waals surface area contributed by atoms with Gasteiger partial charge >= 0.3 is 5.97 Å². The van der Waals surface area contributed by atoms with Crippen molar-refractivity contribution in [1.82, 2.24) is 0 Å². The number of hydrogen-bond donors (Lipinski definition) is 0. The van der Waals surface area contributed by atoms with Crippen molar-refractivity contribution < 1.29 is 23.8 Å². The van der Waals surface area contributed by atoms with Crippen LogP contribution in [0.25, 0.3) is 6.08 Å². The van der Waals surface area contributed by atoms with Gasteiger partial charge in [0.15, 0.2) is 24.7 Å². The summed E-state index contributed by atoms with van der Waals surface area (Å²) in [5.41, 5.74) is 0.677. The van der Waals surface area contributed by atoms with Gasteiger partial charge in [0.05, 0.1) is 15.8 Å². The average Bonchev–Trinajstić information content (AvgIpc) is 3.09. The van der Waals surface area contributed by atoms with E-state index in [9.17, 15) is 9.59 Å². The number of thiophene rings is 1. The minimum Gasteiger partial charge on any atom is -0.493 e. The van der Waals surface area contributed by atoms with Gasteiger partial charge < -0.3 is 14.2 Å². The first kappa shape index (κ1) is 19.7. The summed E-state index contributed by atoms with van der Waals surface area (Å²) in [6.07, 6.45) is 2.76. The summed E-state index contributed by atoms with van der Waals surface area (Å²) in [6.45, 7) is -0.410. The Bertz CT molecular complexity index is 869. The molecule has 2 rings (SSSR count). The van der Waals surface area contributed by atoms with E-state index in [1.807, 2.05) is 6.07 Å². The first-order valence-corrected chi connectivity index (χ1v) is 8.95. The van der Waals surface area contributed by atoms with Gasteiger partial charge in [-0.1, -0.05) is 6.07 Å². The molecule has 0 aliphatic heterocycles. The van der Waals surface area contributed by atoms with Crippen LogP contribution in [-0.4, -0.2) is 32.1 Å². The number of ketones is 1. The Balaban J connectivity index is 1.93. The van der Waals surface area contributed by atoms with Gasteiger partial charge in [-0.3, -0.25) is 4.79 Å². The highest BCUT2D eigenvalue weighted by atomic mass is 79.9. The zero-order valence-electron chi connectivity index (χ0n) is 13.7. The van der Waals surface area contributed by atoms with Gasteiger partial charge in [0.2, 0.25) is 5.78 Å². The minimum absolute atomic E-state index is 0.0906. The molecule has 2 aromatic rings. The Hall–Kier alpha value is -2.63. The second-order valence-electron chi connectivity index (χ2n) is 4.83. The van der Waals surface area contributed by atoms with E-state index < -0.39 is 5.97 Å². The molecular weight excluding hydrogens is 422 g/mol. The van der Waals surface area contributed by atoms with Crippen LogP contribution in [0.2, 0.25) is 0 Å². The van der Waals surface area contributed by atoms with Crippen molar-refractivity contribution in [2.45, 2.75) is 0 Å². The smallest absolute Gasteiger partial charge is 0.331 e. The van der Waals surface area contributed by atoms with Crippen molar-refractivity contribution >= 4 is 45.1 Å². The third-order valence-electron chi connectivity index (χ3n) is 3.09. The maximum atomic E-state index is 11.9. The number of carbonyl (C=O) groups excluding carboxylic acids is 2. The number of benzene rings is 1. The van der Waals surface area contributed by atoms with E-state index in [-0.39, 0.29) is 19.0 Å². The summed E-state index contributed by atoms with van der Waals surface area (Å²) in [7, 11) is 1.48. The molecule has 1 aromatic heterocycles. The number of halogens is 1. The van der Waals surface area contributed by atoms with Crippen LogP contribution in [0.15, 0.2) is 40.2 Å². The third kappa shape index (κ3) is 5.72. The molecule has 0 aliphatic rings. The van der Waals surface area contributed by atoms with Crippen LogP contribution >= 0.6 is 27.3 Å². The number of rotatable bonds is 8. The Morgan fingerprint density at radius 2 is 2.08 bits per heavy atom. The van der Waals surface area contributed by atoms with E-state index in [0.29, 0.717) is 21.9 Å². The monoisotopic (exact) mass is 435 g/mol. The number of nitriles is 1. The van der Waals surface area contributed by atoms with E-state index in [2.05, 4.69) is 15.9 Å². The van der Waals surface area contributed by atoms with Gasteiger partial charge in [0.1, 0.15) is 6.07 Å². The number of carbonyl (C=O) groups is 2. The highest BCUT2D eigenvalue weighted by Gasteiger charge is 2.11. The predicted octanol–water partition coefficient (Wildman–Crippen LogP) is 3.86. The summed E-state index contributed by atoms with van der Waals surface area (Å²) in [4.78, 5) is 24.2. The number of nitrogens with zero attached hydrogens (tertiary/aromatic N) is 1. The fourth-order valence-electron chi connectivity index (χ4n) is 1.90. The second kappa shape index (κ2) is 9.75. The largest absolute Gasteiger partial charge is 0.493 e. The molecule has 0 fully saturated rings. The zero-order chi connectivity index (χ0) is 18.9. The number of Topliss-reactive ketones (excluding diaryl/α,β-unsaturated/α-hetero) is 1. The van der Waals surface area contributed by atoms with Crippen LogP contribution in [0.3, 0.4) is 0 Å². The molecule has 8 heteroatoms. The van der Waals surface area contributed by atoms with Crippen molar-refractivity contribution in [3.63, 3.8) is 0 Å². The van der Waals surface area contributed by atoms with Crippen LogP contribution in [0.5, 0.6) is 11.5 Å². The predicted molar refractivity (Wildman–Crippen MR) is 100 cm³/mol. The number of ether oxygens (including phenoxy) is 3. The number of esters is 1. The van der Waals surface area contributed by atoms with E-state index in [4.69, 9.17) is 19.5 Å². The normalized spacial score (nSPS) is 10.3. The van der Waals surface area contributed by atoms with Crippen LogP contribution in [-0.2, 0) is 9.53 Å². The topological polar surface area (TPSA) is 85.6 Å². The van der Waals surface area contributed by atoms with Crippen molar-refractivity contribution in [3.05, 3.63) is 50.6 Å². The Morgan fingerprint density at radius 3 is 2.73 bits per heavy atom. The standard InChI is InChI=1S/C18H14BrNO5S/c1-23-15-10-12(2-4-14(15)24-9-8-20)3-7-18(22)25-11-13(21)16-5-6-17(19)26-16/h2-7,10H,9,11H2,1H3/b7-3+. The van der Waals surface area contributed by atoms with E-state index in [1.54, 1.807) is 30.3 Å². The fraction of sp³-hybridized carbons (Fsp3) is 0.167. The lowest BCUT2D eigenvalue weighted by Crippen LogP contribution is -2.11. The Labute approximate surface area is 162 Å². The molecule has 0 bridgehead atoms. The molecule has 1 heterocycles. The Kier molecular flexibility index (Phi) is 7.38. The lowest BCUT2D eigenvalue weighted by molar-refractivity contribution is -0.136. The van der Waals surface area contributed by atoms with Crippen LogP contribution in [0.4, 0.5) is 0 Å². The van der Waals surface area contributed by atoms with Crippen molar-refractivity contribution in [2.24, 2.45) is 0 Å². The molecule has 0 unspecified atom stereocenters. The molecule has 0 amide bonds. The molecule has 0 aliphatic carbocycles. The van der Waals surface area contributed by atoms with Gasteiger partial charge in [-0.2, -0.15) is 5.26 Å². The number of methoxy groups -OCH3 is 1. The van der Waals surface area contributed by atoms with Gasteiger partial charge in [-0.15, -0.1) is 11.3 Å². The van der Waals surface area contributed by atoms with Crippen LogP contribution in [0, 0.1) is 11.3 Å². The minimum atomic E-state index is -0.627. The average molecular weight is 436 g/mol. The van der Waals surface area contributed by atoms with Gasteiger partial charge in [-0.25, -0.2) is 4.79 Å². The molecular formula is C18H14BrNO5S. The second-order valence-corrected chi connectivity index (χ2v) is 7.29. The summed E-state index contributed by atoms with van der Waals surface area (Å²) in [6, 6.07) is 10.3. The molecule has 0 saturated heterocycles. The molecule has 0 saturated carbocycles. The zero-order valence-corrected chi connectivity index (χ0v) is 16.1. The summed E-state index contributed by atoms with van der Waals surface area (Å²) in [5.74, 6) is -0.0171. The molecule has 0 radical (unpaired) electrons. The first-order valence-electron chi connectivity index (χ1n) is 7.34. The molecule has 1 aromatic carbocycles. The molecule has 0 spiro atoms. The van der Waals surface area contributed by atoms with Crippen LogP contribution < -0.4 is 9.47 Å². The Morgan fingerprint density at radius 1 is 1.27 bits per heavy atom. The van der Waals surface area contributed by atoms with Gasteiger partial charge in [-0.05, 0) is 51.8 Å². The quantitative estimate of drug-likeness (QED) is 0.355. The summed E-state index contributed by atoms with van der Waals surface area (Å²) < 4.78 is 16.2. The third-order valence-corrected chi connectivity index (χ3v) is 4.75. The number of hydrogen-bond acceptors (Lipinski definition) is 7. The SMILES string of the molecule is COc1cc(/C=C/C(=O)OCC(=O)c2ccc(Br)s2)ccc1OCC#N. The first-order chi connectivity index (χ1) is 12.5. The van der Waals surface area contributed by atoms with E-state index in [1.165, 1.54) is 30.6 Å². The highest BCUT2D eigenvalue weighted by molar-refractivity contribution is 9.11.